The van der Waals surface area contributed by atoms with Gasteiger partial charge in [0.2, 0.25) is 0 Å². The van der Waals surface area contributed by atoms with Crippen molar-refractivity contribution in [2.75, 3.05) is 5.32 Å². The van der Waals surface area contributed by atoms with Crippen LogP contribution in [0.15, 0.2) is 71.4 Å². The van der Waals surface area contributed by atoms with Gasteiger partial charge in [-0.25, -0.2) is 4.98 Å². The Morgan fingerprint density at radius 3 is 2.38 bits per heavy atom. The van der Waals surface area contributed by atoms with Gasteiger partial charge in [-0.3, -0.25) is 10.1 Å². The van der Waals surface area contributed by atoms with E-state index < -0.39 is 11.7 Å². The van der Waals surface area contributed by atoms with Crippen LogP contribution < -0.4 is 5.32 Å². The molecule has 29 heavy (non-hydrogen) atoms. The SMILES string of the molecule is O=C(Nc1nc(-c2cccs2)cs1)c1ccccc1-c1ccc(C(F)(F)F)cc1. The molecule has 2 aromatic carbocycles. The van der Waals surface area contributed by atoms with Gasteiger partial charge in [-0.2, -0.15) is 13.2 Å². The molecular formula is C21H13F3N2OS2. The van der Waals surface area contributed by atoms with E-state index in [2.05, 4.69) is 10.3 Å². The van der Waals surface area contributed by atoms with Crippen molar-refractivity contribution in [3.63, 3.8) is 0 Å². The number of hydrogen-bond donors (Lipinski definition) is 1. The number of carbonyl (C=O) groups is 1. The number of alkyl halides is 3. The van der Waals surface area contributed by atoms with Crippen LogP contribution in [-0.4, -0.2) is 10.9 Å². The molecule has 1 N–H and O–H groups in total. The second-order valence-corrected chi connectivity index (χ2v) is 7.90. The molecule has 3 nitrogen and oxygen atoms in total. The highest BCUT2D eigenvalue weighted by molar-refractivity contribution is 7.16. The highest BCUT2D eigenvalue weighted by Gasteiger charge is 2.30. The lowest BCUT2D eigenvalue weighted by atomic mass is 9.98. The van der Waals surface area contributed by atoms with Crippen LogP contribution in [-0.2, 0) is 6.18 Å². The van der Waals surface area contributed by atoms with Crippen molar-refractivity contribution >= 4 is 33.7 Å². The van der Waals surface area contributed by atoms with Crippen molar-refractivity contribution in [3.8, 4) is 21.7 Å². The van der Waals surface area contributed by atoms with Gasteiger partial charge in [-0.05, 0) is 40.8 Å². The van der Waals surface area contributed by atoms with Gasteiger partial charge < -0.3 is 0 Å². The third-order valence-corrected chi connectivity index (χ3v) is 5.84. The lowest BCUT2D eigenvalue weighted by Crippen LogP contribution is -2.13. The van der Waals surface area contributed by atoms with Crippen LogP contribution in [0.25, 0.3) is 21.7 Å². The number of nitrogens with one attached hydrogen (secondary N) is 1. The molecule has 0 radical (unpaired) electrons. The molecule has 0 saturated heterocycles. The highest BCUT2D eigenvalue weighted by Crippen LogP contribution is 2.32. The van der Waals surface area contributed by atoms with E-state index in [0.717, 1.165) is 22.7 Å². The predicted octanol–water partition coefficient (Wildman–Crippen LogP) is 6.81. The topological polar surface area (TPSA) is 42.0 Å². The summed E-state index contributed by atoms with van der Waals surface area (Å²) in [5.41, 5.74) is 1.50. The van der Waals surface area contributed by atoms with Gasteiger partial charge >= 0.3 is 6.18 Å². The summed E-state index contributed by atoms with van der Waals surface area (Å²) in [6.07, 6.45) is -4.40. The van der Waals surface area contributed by atoms with Crippen molar-refractivity contribution in [2.24, 2.45) is 0 Å². The third-order valence-electron chi connectivity index (χ3n) is 4.19. The molecule has 0 aliphatic heterocycles. The number of hydrogen-bond acceptors (Lipinski definition) is 4. The first-order valence-electron chi connectivity index (χ1n) is 8.49. The van der Waals surface area contributed by atoms with Crippen molar-refractivity contribution in [2.45, 2.75) is 6.18 Å². The molecule has 0 fully saturated rings. The number of rotatable bonds is 4. The van der Waals surface area contributed by atoms with E-state index in [1.54, 1.807) is 35.6 Å². The summed E-state index contributed by atoms with van der Waals surface area (Å²) in [6.45, 7) is 0. The maximum atomic E-state index is 12.8. The van der Waals surface area contributed by atoms with E-state index in [9.17, 15) is 18.0 Å². The van der Waals surface area contributed by atoms with Gasteiger partial charge in [0.25, 0.3) is 5.91 Å². The second-order valence-electron chi connectivity index (χ2n) is 6.09. The predicted molar refractivity (Wildman–Crippen MR) is 110 cm³/mol. The fraction of sp³-hybridized carbons (Fsp3) is 0.0476. The molecule has 0 aliphatic carbocycles. The average Bonchev–Trinajstić information content (AvgIpc) is 3.39. The first-order chi connectivity index (χ1) is 13.9. The van der Waals surface area contributed by atoms with Crippen LogP contribution in [0, 0.1) is 0 Å². The summed E-state index contributed by atoms with van der Waals surface area (Å²) >= 11 is 2.87. The van der Waals surface area contributed by atoms with Gasteiger partial charge in [-0.1, -0.05) is 36.4 Å². The number of carbonyl (C=O) groups excluding carboxylic acids is 1. The van der Waals surface area contributed by atoms with Crippen molar-refractivity contribution in [1.29, 1.82) is 0 Å². The number of thiophene rings is 1. The van der Waals surface area contributed by atoms with Gasteiger partial charge in [0.05, 0.1) is 16.1 Å². The molecular weight excluding hydrogens is 417 g/mol. The lowest BCUT2D eigenvalue weighted by Gasteiger charge is -2.11. The van der Waals surface area contributed by atoms with E-state index in [0.29, 0.717) is 21.8 Å². The molecule has 4 rings (SSSR count). The monoisotopic (exact) mass is 430 g/mol. The molecule has 1 amide bonds. The summed E-state index contributed by atoms with van der Waals surface area (Å²) in [5.74, 6) is -0.368. The molecule has 2 aromatic heterocycles. The number of amides is 1. The van der Waals surface area contributed by atoms with E-state index >= 15 is 0 Å². The molecule has 0 aliphatic rings. The molecule has 2 heterocycles. The quantitative estimate of drug-likeness (QED) is 0.386. The summed E-state index contributed by atoms with van der Waals surface area (Å²) in [4.78, 5) is 18.2. The smallest absolute Gasteiger partial charge is 0.298 e. The molecule has 0 atom stereocenters. The molecule has 8 heteroatoms. The molecule has 146 valence electrons. The maximum Gasteiger partial charge on any atom is 0.416 e. The van der Waals surface area contributed by atoms with E-state index in [1.165, 1.54) is 23.5 Å². The summed E-state index contributed by atoms with van der Waals surface area (Å²) in [7, 11) is 0. The normalized spacial score (nSPS) is 11.4. The summed E-state index contributed by atoms with van der Waals surface area (Å²) < 4.78 is 38.4. The maximum absolute atomic E-state index is 12.8. The minimum Gasteiger partial charge on any atom is -0.298 e. The zero-order valence-electron chi connectivity index (χ0n) is 14.7. The van der Waals surface area contributed by atoms with Crippen molar-refractivity contribution in [3.05, 3.63) is 82.6 Å². The van der Waals surface area contributed by atoms with Crippen LogP contribution >= 0.6 is 22.7 Å². The number of anilines is 1. The molecule has 0 saturated carbocycles. The Morgan fingerprint density at radius 1 is 0.931 bits per heavy atom. The zero-order valence-corrected chi connectivity index (χ0v) is 16.4. The van der Waals surface area contributed by atoms with Crippen molar-refractivity contribution in [1.82, 2.24) is 4.98 Å². The Morgan fingerprint density at radius 2 is 1.69 bits per heavy atom. The number of aromatic nitrogens is 1. The first-order valence-corrected chi connectivity index (χ1v) is 10.2. The standard InChI is InChI=1S/C21H13F3N2OS2/c22-21(23,24)14-9-7-13(8-10-14)15-4-1-2-5-16(15)19(27)26-20-25-17(12-29-20)18-6-3-11-28-18/h1-12H,(H,25,26,27). The number of nitrogens with zero attached hydrogens (tertiary/aromatic N) is 1. The number of benzene rings is 2. The summed E-state index contributed by atoms with van der Waals surface area (Å²) in [5, 5.41) is 7.05. The summed E-state index contributed by atoms with van der Waals surface area (Å²) in [6, 6.07) is 15.4. The average molecular weight is 430 g/mol. The Labute approximate surface area is 172 Å². The van der Waals surface area contributed by atoms with Gasteiger partial charge in [-0.15, -0.1) is 22.7 Å². The Bertz CT molecular complexity index is 1130. The van der Waals surface area contributed by atoms with Gasteiger partial charge in [0.15, 0.2) is 5.13 Å². The largest absolute Gasteiger partial charge is 0.416 e. The minimum atomic E-state index is -4.40. The molecule has 0 spiro atoms. The van der Waals surface area contributed by atoms with Crippen LogP contribution in [0.5, 0.6) is 0 Å². The molecule has 4 aromatic rings. The van der Waals surface area contributed by atoms with Crippen molar-refractivity contribution < 1.29 is 18.0 Å². The zero-order chi connectivity index (χ0) is 20.4. The third kappa shape index (κ3) is 4.23. The van der Waals surface area contributed by atoms with E-state index in [1.807, 2.05) is 22.9 Å². The minimum absolute atomic E-state index is 0.361. The van der Waals surface area contributed by atoms with Crippen LogP contribution in [0.1, 0.15) is 15.9 Å². The van der Waals surface area contributed by atoms with Gasteiger partial charge in [0.1, 0.15) is 0 Å². The Balaban J connectivity index is 1.59. The molecule has 0 bridgehead atoms. The number of halogens is 3. The first kappa shape index (κ1) is 19.4. The molecule has 0 unspecified atom stereocenters. The second kappa shape index (κ2) is 7.81. The van der Waals surface area contributed by atoms with Gasteiger partial charge in [0, 0.05) is 10.9 Å². The van der Waals surface area contributed by atoms with Crippen LogP contribution in [0.4, 0.5) is 18.3 Å². The van der Waals surface area contributed by atoms with E-state index in [4.69, 9.17) is 0 Å². The Kier molecular flexibility index (Phi) is 5.21. The fourth-order valence-electron chi connectivity index (χ4n) is 2.80. The number of thiazole rings is 1. The van der Waals surface area contributed by atoms with Crippen LogP contribution in [0.3, 0.4) is 0 Å². The van der Waals surface area contributed by atoms with E-state index in [-0.39, 0.29) is 5.91 Å². The fourth-order valence-corrected chi connectivity index (χ4v) is 4.27. The highest BCUT2D eigenvalue weighted by atomic mass is 32.1. The Hall–Kier alpha value is -2.97. The van der Waals surface area contributed by atoms with Crippen LogP contribution in [0.2, 0.25) is 0 Å². The lowest BCUT2D eigenvalue weighted by molar-refractivity contribution is -0.137.